The summed E-state index contributed by atoms with van der Waals surface area (Å²) in [5.41, 5.74) is 0.717. The van der Waals surface area contributed by atoms with E-state index >= 15 is 0 Å². The van der Waals surface area contributed by atoms with Crippen molar-refractivity contribution in [2.45, 2.75) is 13.5 Å². The molecule has 1 aromatic rings. The number of phenolic OH excluding ortho intramolecular Hbond substituents is 1. The molecule has 0 saturated heterocycles. The molecule has 0 aromatic heterocycles. The second kappa shape index (κ2) is 6.26. The number of phenols is 1. The van der Waals surface area contributed by atoms with Crippen molar-refractivity contribution in [2.75, 3.05) is 20.7 Å². The number of ether oxygens (including phenoxy) is 1. The lowest BCUT2D eigenvalue weighted by Crippen LogP contribution is -2.28. The number of benzene rings is 1. The van der Waals surface area contributed by atoms with Gasteiger partial charge in [0.05, 0.1) is 13.0 Å². The van der Waals surface area contributed by atoms with Crippen LogP contribution in [0.1, 0.15) is 12.5 Å². The van der Waals surface area contributed by atoms with Gasteiger partial charge >= 0.3 is 5.97 Å². The fourth-order valence-electron chi connectivity index (χ4n) is 1.72. The summed E-state index contributed by atoms with van der Waals surface area (Å²) in [4.78, 5) is 12.6. The number of aromatic hydroxyl groups is 1. The highest BCUT2D eigenvalue weighted by molar-refractivity contribution is 5.69. The zero-order valence-corrected chi connectivity index (χ0v) is 10.9. The number of hydrogen-bond acceptors (Lipinski definition) is 4. The lowest BCUT2D eigenvalue weighted by atomic mass is 10.1. The van der Waals surface area contributed by atoms with E-state index in [1.807, 2.05) is 11.9 Å². The molecule has 2 N–H and O–H groups in total. The van der Waals surface area contributed by atoms with Gasteiger partial charge in [0.15, 0.2) is 0 Å². The van der Waals surface area contributed by atoms with Crippen molar-refractivity contribution in [3.8, 4) is 11.5 Å². The van der Waals surface area contributed by atoms with Gasteiger partial charge in [-0.15, -0.1) is 0 Å². The fraction of sp³-hybridized carbons (Fsp3) is 0.462. The Bertz CT molecular complexity index is 419. The molecule has 5 heteroatoms. The Morgan fingerprint density at radius 2 is 2.17 bits per heavy atom. The van der Waals surface area contributed by atoms with Crippen LogP contribution in [0, 0.1) is 5.92 Å². The van der Waals surface area contributed by atoms with Gasteiger partial charge in [0.2, 0.25) is 0 Å². The van der Waals surface area contributed by atoms with Gasteiger partial charge in [0.25, 0.3) is 0 Å². The summed E-state index contributed by atoms with van der Waals surface area (Å²) in [5, 5.41) is 18.6. The number of hydrogen-bond donors (Lipinski definition) is 2. The van der Waals surface area contributed by atoms with Crippen molar-refractivity contribution < 1.29 is 19.7 Å². The number of nitrogens with zero attached hydrogens (tertiary/aromatic N) is 1. The van der Waals surface area contributed by atoms with E-state index in [0.29, 0.717) is 18.8 Å². The number of carboxylic acids is 1. The molecule has 1 atom stereocenters. The summed E-state index contributed by atoms with van der Waals surface area (Å²) in [5.74, 6) is -0.410. The van der Waals surface area contributed by atoms with E-state index in [2.05, 4.69) is 0 Å². The lowest BCUT2D eigenvalue weighted by molar-refractivity contribution is -0.141. The summed E-state index contributed by atoms with van der Waals surface area (Å²) in [6, 6.07) is 5.00. The Morgan fingerprint density at radius 3 is 2.72 bits per heavy atom. The SMILES string of the molecule is COc1ccc(O)c(CN(C)CC(C)C(=O)O)c1. The largest absolute Gasteiger partial charge is 0.508 e. The Kier molecular flexibility index (Phi) is 4.97. The number of methoxy groups -OCH3 is 1. The highest BCUT2D eigenvalue weighted by Crippen LogP contribution is 2.24. The van der Waals surface area contributed by atoms with Crippen molar-refractivity contribution in [3.05, 3.63) is 23.8 Å². The lowest BCUT2D eigenvalue weighted by Gasteiger charge is -2.19. The molecule has 0 aliphatic carbocycles. The zero-order valence-electron chi connectivity index (χ0n) is 10.9. The van der Waals surface area contributed by atoms with Crippen LogP contribution in [0.15, 0.2) is 18.2 Å². The van der Waals surface area contributed by atoms with Gasteiger partial charge in [-0.3, -0.25) is 4.79 Å². The first-order valence-corrected chi connectivity index (χ1v) is 5.71. The topological polar surface area (TPSA) is 70.0 Å². The predicted molar refractivity (Wildman–Crippen MR) is 67.8 cm³/mol. The van der Waals surface area contributed by atoms with Gasteiger partial charge in [0.1, 0.15) is 11.5 Å². The Hall–Kier alpha value is -1.75. The number of rotatable bonds is 6. The van der Waals surface area contributed by atoms with Crippen molar-refractivity contribution in [3.63, 3.8) is 0 Å². The number of carboxylic acid groups (broad SMARTS) is 1. The number of carbonyl (C=O) groups is 1. The smallest absolute Gasteiger partial charge is 0.307 e. The van der Waals surface area contributed by atoms with Gasteiger partial charge in [-0.1, -0.05) is 6.92 Å². The molecular formula is C13H19NO4. The van der Waals surface area contributed by atoms with E-state index in [-0.39, 0.29) is 5.75 Å². The summed E-state index contributed by atoms with van der Waals surface area (Å²) in [6.07, 6.45) is 0. The van der Waals surface area contributed by atoms with Gasteiger partial charge in [-0.2, -0.15) is 0 Å². The van der Waals surface area contributed by atoms with E-state index in [1.165, 1.54) is 0 Å². The third-order valence-electron chi connectivity index (χ3n) is 2.73. The highest BCUT2D eigenvalue weighted by atomic mass is 16.5. The maximum Gasteiger partial charge on any atom is 0.307 e. The maximum absolute atomic E-state index is 10.8. The summed E-state index contributed by atoms with van der Waals surface area (Å²) in [7, 11) is 3.38. The second-order valence-electron chi connectivity index (χ2n) is 4.43. The molecule has 0 aliphatic heterocycles. The van der Waals surface area contributed by atoms with E-state index < -0.39 is 11.9 Å². The average Bonchev–Trinajstić information content (AvgIpc) is 2.31. The highest BCUT2D eigenvalue weighted by Gasteiger charge is 2.14. The first kappa shape index (κ1) is 14.3. The van der Waals surface area contributed by atoms with Crippen LogP contribution in [-0.2, 0) is 11.3 Å². The molecule has 0 radical (unpaired) electrons. The van der Waals surface area contributed by atoms with Crippen molar-refractivity contribution in [1.82, 2.24) is 4.90 Å². The van der Waals surface area contributed by atoms with E-state index in [1.54, 1.807) is 32.2 Å². The van der Waals surface area contributed by atoms with Crippen LogP contribution in [-0.4, -0.2) is 41.8 Å². The molecule has 0 spiro atoms. The zero-order chi connectivity index (χ0) is 13.7. The summed E-state index contributed by atoms with van der Waals surface area (Å²) in [6.45, 7) is 2.55. The second-order valence-corrected chi connectivity index (χ2v) is 4.43. The molecule has 0 amide bonds. The minimum atomic E-state index is -0.822. The maximum atomic E-state index is 10.8. The first-order valence-electron chi connectivity index (χ1n) is 5.71. The van der Waals surface area contributed by atoms with E-state index in [4.69, 9.17) is 9.84 Å². The van der Waals surface area contributed by atoms with Crippen LogP contribution in [0.4, 0.5) is 0 Å². The van der Waals surface area contributed by atoms with Crippen LogP contribution >= 0.6 is 0 Å². The van der Waals surface area contributed by atoms with Gasteiger partial charge in [-0.25, -0.2) is 0 Å². The molecule has 0 aliphatic rings. The minimum Gasteiger partial charge on any atom is -0.508 e. The molecular weight excluding hydrogens is 234 g/mol. The minimum absolute atomic E-state index is 0.186. The summed E-state index contributed by atoms with van der Waals surface area (Å²) >= 11 is 0. The molecule has 1 unspecified atom stereocenters. The fourth-order valence-corrected chi connectivity index (χ4v) is 1.72. The monoisotopic (exact) mass is 253 g/mol. The van der Waals surface area contributed by atoms with Crippen LogP contribution < -0.4 is 4.74 Å². The van der Waals surface area contributed by atoms with Gasteiger partial charge < -0.3 is 19.8 Å². The predicted octanol–water partition coefficient (Wildman–Crippen LogP) is 1.55. The summed E-state index contributed by atoms with van der Waals surface area (Å²) < 4.78 is 5.09. The third kappa shape index (κ3) is 3.92. The molecule has 0 bridgehead atoms. The molecule has 5 nitrogen and oxygen atoms in total. The van der Waals surface area contributed by atoms with Crippen LogP contribution in [0.3, 0.4) is 0 Å². The third-order valence-corrected chi connectivity index (χ3v) is 2.73. The molecule has 0 saturated carbocycles. The first-order chi connectivity index (χ1) is 8.43. The number of aliphatic carboxylic acids is 1. The van der Waals surface area contributed by atoms with Crippen molar-refractivity contribution in [1.29, 1.82) is 0 Å². The van der Waals surface area contributed by atoms with Gasteiger partial charge in [-0.05, 0) is 25.2 Å². The van der Waals surface area contributed by atoms with E-state index in [9.17, 15) is 9.90 Å². The Morgan fingerprint density at radius 1 is 1.50 bits per heavy atom. The quantitative estimate of drug-likeness (QED) is 0.805. The van der Waals surface area contributed by atoms with Crippen molar-refractivity contribution >= 4 is 5.97 Å². The Labute approximate surface area is 107 Å². The molecule has 100 valence electrons. The van der Waals surface area contributed by atoms with Gasteiger partial charge in [0, 0.05) is 18.7 Å². The van der Waals surface area contributed by atoms with E-state index in [0.717, 1.165) is 5.56 Å². The molecule has 1 aromatic carbocycles. The molecule has 1 rings (SSSR count). The normalized spacial score (nSPS) is 12.4. The average molecular weight is 253 g/mol. The molecule has 0 heterocycles. The van der Waals surface area contributed by atoms with Crippen LogP contribution in [0.25, 0.3) is 0 Å². The molecule has 0 fully saturated rings. The molecule has 18 heavy (non-hydrogen) atoms. The van der Waals surface area contributed by atoms with Crippen LogP contribution in [0.2, 0.25) is 0 Å². The Balaban J connectivity index is 2.69. The van der Waals surface area contributed by atoms with Crippen LogP contribution in [0.5, 0.6) is 11.5 Å². The standard InChI is InChI=1S/C13H19NO4/c1-9(13(16)17)7-14(2)8-10-6-11(18-3)4-5-12(10)15/h4-6,9,15H,7-8H2,1-3H3,(H,16,17). The van der Waals surface area contributed by atoms with Crippen molar-refractivity contribution in [2.24, 2.45) is 5.92 Å².